The zero-order chi connectivity index (χ0) is 19.5. The molecule has 144 valence electrons. The molecule has 28 heavy (non-hydrogen) atoms. The van der Waals surface area contributed by atoms with Gasteiger partial charge in [-0.3, -0.25) is 19.7 Å². The summed E-state index contributed by atoms with van der Waals surface area (Å²) in [5.74, 6) is 0.804. The summed E-state index contributed by atoms with van der Waals surface area (Å²) in [5.41, 5.74) is 3.70. The molecule has 1 fully saturated rings. The lowest BCUT2D eigenvalue weighted by atomic mass is 10.0. The van der Waals surface area contributed by atoms with Crippen LogP contribution >= 0.6 is 0 Å². The number of anilines is 1. The highest BCUT2D eigenvalue weighted by Gasteiger charge is 2.23. The van der Waals surface area contributed by atoms with Crippen LogP contribution < -0.4 is 10.2 Å². The quantitative estimate of drug-likeness (QED) is 0.753. The monoisotopic (exact) mass is 376 g/mol. The van der Waals surface area contributed by atoms with E-state index in [0.717, 1.165) is 43.0 Å². The molecule has 1 amide bonds. The standard InChI is InChI=1S/C21H24N6O/c1-15(16-3-5-18-19(13-16)24-8-7-23-18)26-9-11-27(12-10-26)20-6-4-17(14-25-20)21(28)22-2/h3-8,13-15H,9-12H2,1-2H3,(H,22,28). The number of hydrogen-bond donors (Lipinski definition) is 1. The van der Waals surface area contributed by atoms with Crippen molar-refractivity contribution in [2.75, 3.05) is 38.1 Å². The van der Waals surface area contributed by atoms with Gasteiger partial charge >= 0.3 is 0 Å². The number of pyridine rings is 1. The van der Waals surface area contributed by atoms with Crippen LogP contribution in [0.4, 0.5) is 5.82 Å². The fourth-order valence-corrected chi connectivity index (χ4v) is 3.64. The SMILES string of the molecule is CNC(=O)c1ccc(N2CCN(C(C)c3ccc4nccnc4c3)CC2)nc1. The van der Waals surface area contributed by atoms with E-state index in [9.17, 15) is 4.79 Å². The maximum Gasteiger partial charge on any atom is 0.252 e. The molecule has 1 aliphatic heterocycles. The summed E-state index contributed by atoms with van der Waals surface area (Å²) in [6.45, 7) is 5.97. The first-order valence-corrected chi connectivity index (χ1v) is 9.53. The number of benzene rings is 1. The average molecular weight is 376 g/mol. The molecule has 4 rings (SSSR count). The molecule has 1 aromatic carbocycles. The third kappa shape index (κ3) is 3.66. The van der Waals surface area contributed by atoms with E-state index in [-0.39, 0.29) is 5.91 Å². The van der Waals surface area contributed by atoms with E-state index < -0.39 is 0 Å². The van der Waals surface area contributed by atoms with Gasteiger partial charge in [0.15, 0.2) is 0 Å². The molecule has 2 aromatic heterocycles. The number of carbonyl (C=O) groups excluding carboxylic acids is 1. The predicted molar refractivity (Wildman–Crippen MR) is 109 cm³/mol. The van der Waals surface area contributed by atoms with E-state index in [1.54, 1.807) is 25.6 Å². The molecule has 7 nitrogen and oxygen atoms in total. The van der Waals surface area contributed by atoms with Gasteiger partial charge in [-0.2, -0.15) is 0 Å². The molecule has 7 heteroatoms. The first kappa shape index (κ1) is 18.3. The minimum Gasteiger partial charge on any atom is -0.355 e. The molecule has 0 saturated carbocycles. The number of amides is 1. The van der Waals surface area contributed by atoms with Gasteiger partial charge in [-0.05, 0) is 36.8 Å². The molecule has 0 aliphatic carbocycles. The zero-order valence-electron chi connectivity index (χ0n) is 16.2. The third-order valence-electron chi connectivity index (χ3n) is 5.40. The van der Waals surface area contributed by atoms with Gasteiger partial charge in [-0.15, -0.1) is 0 Å². The summed E-state index contributed by atoms with van der Waals surface area (Å²) in [6, 6.07) is 10.4. The van der Waals surface area contributed by atoms with Crippen LogP contribution in [0.1, 0.15) is 28.9 Å². The molecule has 0 radical (unpaired) electrons. The maximum atomic E-state index is 11.7. The number of fused-ring (bicyclic) bond motifs is 1. The van der Waals surface area contributed by atoms with Gasteiger partial charge < -0.3 is 10.2 Å². The van der Waals surface area contributed by atoms with Crippen LogP contribution in [0.25, 0.3) is 11.0 Å². The van der Waals surface area contributed by atoms with E-state index in [1.807, 2.05) is 18.2 Å². The second kappa shape index (κ2) is 7.90. The molecular weight excluding hydrogens is 352 g/mol. The van der Waals surface area contributed by atoms with E-state index in [0.29, 0.717) is 11.6 Å². The summed E-state index contributed by atoms with van der Waals surface area (Å²) < 4.78 is 0. The number of aromatic nitrogens is 3. The minimum atomic E-state index is -0.113. The van der Waals surface area contributed by atoms with E-state index in [2.05, 4.69) is 49.1 Å². The lowest BCUT2D eigenvalue weighted by molar-refractivity contribution is 0.0962. The second-order valence-corrected chi connectivity index (χ2v) is 6.99. The Morgan fingerprint density at radius 2 is 1.75 bits per heavy atom. The highest BCUT2D eigenvalue weighted by Crippen LogP contribution is 2.25. The second-order valence-electron chi connectivity index (χ2n) is 6.99. The van der Waals surface area contributed by atoms with Crippen molar-refractivity contribution in [2.24, 2.45) is 0 Å². The third-order valence-corrected chi connectivity index (χ3v) is 5.40. The molecule has 3 heterocycles. The Morgan fingerprint density at radius 1 is 1.00 bits per heavy atom. The van der Waals surface area contributed by atoms with Gasteiger partial charge in [0.1, 0.15) is 5.82 Å². The molecular formula is C21H24N6O. The first-order chi connectivity index (χ1) is 13.7. The van der Waals surface area contributed by atoms with Crippen LogP contribution in [0.3, 0.4) is 0 Å². The summed E-state index contributed by atoms with van der Waals surface area (Å²) in [4.78, 5) is 29.6. The fraction of sp³-hybridized carbons (Fsp3) is 0.333. The molecule has 3 aromatic rings. The molecule has 0 spiro atoms. The summed E-state index contributed by atoms with van der Waals surface area (Å²) in [5, 5.41) is 2.62. The van der Waals surface area contributed by atoms with Gasteiger partial charge in [-0.25, -0.2) is 4.98 Å². The van der Waals surface area contributed by atoms with Gasteiger partial charge in [0.25, 0.3) is 5.91 Å². The Hall–Kier alpha value is -3.06. The van der Waals surface area contributed by atoms with Gasteiger partial charge in [0.2, 0.25) is 0 Å². The first-order valence-electron chi connectivity index (χ1n) is 9.53. The van der Waals surface area contributed by atoms with Crippen molar-refractivity contribution >= 4 is 22.8 Å². The average Bonchev–Trinajstić information content (AvgIpc) is 2.78. The van der Waals surface area contributed by atoms with Crippen LogP contribution in [0.2, 0.25) is 0 Å². The minimum absolute atomic E-state index is 0.113. The van der Waals surface area contributed by atoms with Crippen LogP contribution in [0.15, 0.2) is 48.9 Å². The Balaban J connectivity index is 1.41. The van der Waals surface area contributed by atoms with Crippen molar-refractivity contribution in [3.05, 3.63) is 60.0 Å². The summed E-state index contributed by atoms with van der Waals surface area (Å²) in [6.07, 6.45) is 5.09. The van der Waals surface area contributed by atoms with Gasteiger partial charge in [-0.1, -0.05) is 6.07 Å². The van der Waals surface area contributed by atoms with Crippen molar-refractivity contribution in [3.8, 4) is 0 Å². The summed E-state index contributed by atoms with van der Waals surface area (Å²) in [7, 11) is 1.62. The number of hydrogen-bond acceptors (Lipinski definition) is 6. The van der Waals surface area contributed by atoms with Gasteiger partial charge in [0.05, 0.1) is 16.6 Å². The largest absolute Gasteiger partial charge is 0.355 e. The number of piperazine rings is 1. The summed E-state index contributed by atoms with van der Waals surface area (Å²) >= 11 is 0. The Kier molecular flexibility index (Phi) is 5.16. The molecule has 1 saturated heterocycles. The Bertz CT molecular complexity index is 966. The lowest BCUT2D eigenvalue weighted by Crippen LogP contribution is -2.47. The van der Waals surface area contributed by atoms with E-state index >= 15 is 0 Å². The number of carbonyl (C=O) groups is 1. The van der Waals surface area contributed by atoms with Crippen molar-refractivity contribution < 1.29 is 4.79 Å². The van der Waals surface area contributed by atoms with E-state index in [4.69, 9.17) is 0 Å². The van der Waals surface area contributed by atoms with Crippen molar-refractivity contribution in [1.82, 2.24) is 25.2 Å². The molecule has 1 N–H and O–H groups in total. The van der Waals surface area contributed by atoms with Crippen molar-refractivity contribution in [3.63, 3.8) is 0 Å². The van der Waals surface area contributed by atoms with E-state index in [1.165, 1.54) is 5.56 Å². The van der Waals surface area contributed by atoms with Crippen LogP contribution in [-0.2, 0) is 0 Å². The predicted octanol–water partition coefficient (Wildman–Crippen LogP) is 2.27. The lowest BCUT2D eigenvalue weighted by Gasteiger charge is -2.38. The molecule has 1 unspecified atom stereocenters. The maximum absolute atomic E-state index is 11.7. The number of nitrogens with one attached hydrogen (secondary N) is 1. The van der Waals surface area contributed by atoms with Crippen LogP contribution in [0, 0.1) is 0 Å². The van der Waals surface area contributed by atoms with Gasteiger partial charge in [0, 0.05) is 57.9 Å². The normalized spacial score (nSPS) is 16.1. The smallest absolute Gasteiger partial charge is 0.252 e. The fourth-order valence-electron chi connectivity index (χ4n) is 3.64. The Labute approximate surface area is 164 Å². The molecule has 1 atom stereocenters. The molecule has 0 bridgehead atoms. The Morgan fingerprint density at radius 3 is 2.43 bits per heavy atom. The number of rotatable bonds is 4. The molecule has 1 aliphatic rings. The van der Waals surface area contributed by atoms with Crippen LogP contribution in [0.5, 0.6) is 0 Å². The van der Waals surface area contributed by atoms with Crippen LogP contribution in [-0.4, -0.2) is 59.0 Å². The zero-order valence-corrected chi connectivity index (χ0v) is 16.2. The highest BCUT2D eigenvalue weighted by atomic mass is 16.1. The van der Waals surface area contributed by atoms with Crippen molar-refractivity contribution in [1.29, 1.82) is 0 Å². The van der Waals surface area contributed by atoms with Crippen molar-refractivity contribution in [2.45, 2.75) is 13.0 Å². The highest BCUT2D eigenvalue weighted by molar-refractivity contribution is 5.93. The number of nitrogens with zero attached hydrogens (tertiary/aromatic N) is 5. The topological polar surface area (TPSA) is 74.2 Å².